The lowest BCUT2D eigenvalue weighted by Gasteiger charge is -2.12. The topological polar surface area (TPSA) is 17.8 Å². The van der Waals surface area contributed by atoms with Crippen molar-refractivity contribution in [1.82, 2.24) is 9.78 Å². The molecule has 5 atom stereocenters. The third-order valence-electron chi connectivity index (χ3n) is 6.07. The second-order valence-corrected chi connectivity index (χ2v) is 7.49. The quantitative estimate of drug-likeness (QED) is 0.766. The van der Waals surface area contributed by atoms with Gasteiger partial charge in [-0.15, -0.1) is 11.6 Å². The van der Waals surface area contributed by atoms with Crippen molar-refractivity contribution >= 4 is 11.6 Å². The van der Waals surface area contributed by atoms with E-state index in [1.165, 1.54) is 24.8 Å². The Labute approximate surface area is 130 Å². The van der Waals surface area contributed by atoms with Gasteiger partial charge in [-0.05, 0) is 61.0 Å². The van der Waals surface area contributed by atoms with E-state index in [2.05, 4.69) is 23.4 Å². The Bertz CT molecular complexity index is 649. The summed E-state index contributed by atoms with van der Waals surface area (Å²) in [5.74, 6) is 4.52. The average Bonchev–Trinajstić information content (AvgIpc) is 2.93. The van der Waals surface area contributed by atoms with E-state index in [4.69, 9.17) is 11.6 Å². The van der Waals surface area contributed by atoms with Crippen LogP contribution in [0, 0.1) is 29.6 Å². The highest BCUT2D eigenvalue weighted by Crippen LogP contribution is 2.73. The molecule has 1 aromatic heterocycles. The van der Waals surface area contributed by atoms with Crippen molar-refractivity contribution in [2.24, 2.45) is 29.6 Å². The van der Waals surface area contributed by atoms with Gasteiger partial charge in [0.15, 0.2) is 0 Å². The maximum atomic E-state index is 6.81. The number of alkyl halides is 1. The van der Waals surface area contributed by atoms with Gasteiger partial charge in [0.05, 0.1) is 17.3 Å². The number of hydrogen-bond donors (Lipinski definition) is 0. The molecule has 3 heteroatoms. The Morgan fingerprint density at radius 2 is 1.81 bits per heavy atom. The van der Waals surface area contributed by atoms with Crippen molar-refractivity contribution in [3.8, 4) is 5.69 Å². The van der Waals surface area contributed by atoms with Crippen molar-refractivity contribution in [3.63, 3.8) is 0 Å². The molecular weight excluding hydrogens is 280 g/mol. The standard InChI is InChI=1S/C18H19ClN2/c19-18(17-15-11-6-7-12(8-11)16(15)17)13-9-20-21(10-13)14-4-2-1-3-5-14/h1-5,9-12,15-18H,6-8H2. The summed E-state index contributed by atoms with van der Waals surface area (Å²) >= 11 is 6.81. The van der Waals surface area contributed by atoms with Crippen LogP contribution in [0.25, 0.3) is 5.69 Å². The summed E-state index contributed by atoms with van der Waals surface area (Å²) in [5, 5.41) is 4.65. The van der Waals surface area contributed by atoms with Crippen molar-refractivity contribution in [3.05, 3.63) is 48.3 Å². The van der Waals surface area contributed by atoms with Crippen LogP contribution in [0.2, 0.25) is 0 Å². The number of para-hydroxylation sites is 1. The summed E-state index contributed by atoms with van der Waals surface area (Å²) in [7, 11) is 0. The van der Waals surface area contributed by atoms with Crippen LogP contribution >= 0.6 is 11.6 Å². The van der Waals surface area contributed by atoms with E-state index in [0.29, 0.717) is 5.92 Å². The molecule has 5 unspecified atom stereocenters. The van der Waals surface area contributed by atoms with Gasteiger partial charge < -0.3 is 0 Å². The molecule has 0 saturated heterocycles. The van der Waals surface area contributed by atoms with Gasteiger partial charge in [0, 0.05) is 11.8 Å². The highest BCUT2D eigenvalue weighted by molar-refractivity contribution is 6.21. The summed E-state index contributed by atoms with van der Waals surface area (Å²) in [6, 6.07) is 10.3. The Hall–Kier alpha value is -1.28. The van der Waals surface area contributed by atoms with Gasteiger partial charge in [-0.3, -0.25) is 0 Å². The largest absolute Gasteiger partial charge is 0.241 e. The van der Waals surface area contributed by atoms with E-state index in [9.17, 15) is 0 Å². The SMILES string of the molecule is ClC(c1cnn(-c2ccccc2)c1)C1C2C3CCC(C3)C21. The summed E-state index contributed by atoms with van der Waals surface area (Å²) in [4.78, 5) is 0. The third-order valence-corrected chi connectivity index (χ3v) is 6.62. The molecule has 1 heterocycles. The van der Waals surface area contributed by atoms with E-state index >= 15 is 0 Å². The smallest absolute Gasteiger partial charge is 0.0650 e. The molecule has 21 heavy (non-hydrogen) atoms. The number of rotatable bonds is 3. The van der Waals surface area contributed by atoms with Crippen molar-refractivity contribution in [2.45, 2.75) is 24.6 Å². The number of halogens is 1. The summed E-state index contributed by atoms with van der Waals surface area (Å²) in [6.45, 7) is 0. The molecule has 108 valence electrons. The van der Waals surface area contributed by atoms with E-state index in [0.717, 1.165) is 29.4 Å². The van der Waals surface area contributed by atoms with Crippen LogP contribution < -0.4 is 0 Å². The predicted octanol–water partition coefficient (Wildman–Crippen LogP) is 4.44. The van der Waals surface area contributed by atoms with Crippen molar-refractivity contribution in [2.75, 3.05) is 0 Å². The molecule has 0 amide bonds. The Morgan fingerprint density at radius 1 is 1.10 bits per heavy atom. The molecule has 3 fully saturated rings. The molecule has 2 bridgehead atoms. The van der Waals surface area contributed by atoms with E-state index < -0.39 is 0 Å². The fraction of sp³-hybridized carbons (Fsp3) is 0.500. The second-order valence-electron chi connectivity index (χ2n) is 7.02. The maximum Gasteiger partial charge on any atom is 0.0650 e. The van der Waals surface area contributed by atoms with E-state index in [1.54, 1.807) is 0 Å². The van der Waals surface area contributed by atoms with Crippen LogP contribution in [0.5, 0.6) is 0 Å². The lowest BCUT2D eigenvalue weighted by atomic mass is 9.98. The predicted molar refractivity (Wildman–Crippen MR) is 83.5 cm³/mol. The van der Waals surface area contributed by atoms with Crippen LogP contribution in [0.4, 0.5) is 0 Å². The molecule has 3 aliphatic rings. The Balaban J connectivity index is 1.38. The zero-order valence-electron chi connectivity index (χ0n) is 11.9. The Kier molecular flexibility index (Phi) is 2.55. The first-order valence-corrected chi connectivity index (χ1v) is 8.50. The van der Waals surface area contributed by atoms with E-state index in [1.807, 2.05) is 29.1 Å². The molecular formula is C18H19ClN2. The highest BCUT2D eigenvalue weighted by atomic mass is 35.5. The van der Waals surface area contributed by atoms with Gasteiger partial charge >= 0.3 is 0 Å². The molecule has 2 nitrogen and oxygen atoms in total. The lowest BCUT2D eigenvalue weighted by Crippen LogP contribution is -2.03. The first-order valence-electron chi connectivity index (χ1n) is 8.07. The molecule has 2 aromatic rings. The number of aromatic nitrogens is 2. The zero-order chi connectivity index (χ0) is 14.0. The number of nitrogens with zero attached hydrogens (tertiary/aromatic N) is 2. The van der Waals surface area contributed by atoms with Crippen LogP contribution in [0.15, 0.2) is 42.7 Å². The van der Waals surface area contributed by atoms with Crippen LogP contribution in [0.1, 0.15) is 30.2 Å². The minimum Gasteiger partial charge on any atom is -0.241 e. The maximum absolute atomic E-state index is 6.81. The molecule has 5 rings (SSSR count). The summed E-state index contributed by atoms with van der Waals surface area (Å²) in [5.41, 5.74) is 2.29. The molecule has 0 radical (unpaired) electrons. The van der Waals surface area contributed by atoms with Gasteiger partial charge in [0.1, 0.15) is 0 Å². The molecule has 1 aromatic carbocycles. The van der Waals surface area contributed by atoms with Crippen LogP contribution in [-0.2, 0) is 0 Å². The monoisotopic (exact) mass is 298 g/mol. The van der Waals surface area contributed by atoms with Crippen molar-refractivity contribution < 1.29 is 0 Å². The zero-order valence-corrected chi connectivity index (χ0v) is 12.7. The molecule has 3 saturated carbocycles. The molecule has 0 N–H and O–H groups in total. The number of fused-ring (bicyclic) bond motifs is 5. The average molecular weight is 299 g/mol. The van der Waals surface area contributed by atoms with Gasteiger partial charge in [0.25, 0.3) is 0 Å². The lowest BCUT2D eigenvalue weighted by molar-refractivity contribution is 0.455. The van der Waals surface area contributed by atoms with Gasteiger partial charge in [-0.25, -0.2) is 4.68 Å². The minimum absolute atomic E-state index is 0.154. The summed E-state index contributed by atoms with van der Waals surface area (Å²) < 4.78 is 1.94. The van der Waals surface area contributed by atoms with Gasteiger partial charge in [0.2, 0.25) is 0 Å². The van der Waals surface area contributed by atoms with E-state index in [-0.39, 0.29) is 5.38 Å². The van der Waals surface area contributed by atoms with Crippen LogP contribution in [0.3, 0.4) is 0 Å². The minimum atomic E-state index is 0.154. The van der Waals surface area contributed by atoms with Gasteiger partial charge in [-0.1, -0.05) is 18.2 Å². The molecule has 3 aliphatic carbocycles. The highest BCUT2D eigenvalue weighted by Gasteiger charge is 2.66. The summed E-state index contributed by atoms with van der Waals surface area (Å²) in [6.07, 6.45) is 8.47. The fourth-order valence-electron chi connectivity index (χ4n) is 5.21. The molecule has 0 aliphatic heterocycles. The van der Waals surface area contributed by atoms with Crippen molar-refractivity contribution in [1.29, 1.82) is 0 Å². The molecule has 0 spiro atoms. The number of hydrogen-bond acceptors (Lipinski definition) is 1. The fourth-order valence-corrected chi connectivity index (χ4v) is 5.66. The normalized spacial score (nSPS) is 37.5. The first-order chi connectivity index (χ1) is 10.3. The van der Waals surface area contributed by atoms with Gasteiger partial charge in [-0.2, -0.15) is 5.10 Å². The Morgan fingerprint density at radius 3 is 2.52 bits per heavy atom. The third kappa shape index (κ3) is 1.75. The number of benzene rings is 1. The first kappa shape index (κ1) is 12.3. The van der Waals surface area contributed by atoms with Crippen LogP contribution in [-0.4, -0.2) is 9.78 Å². The second kappa shape index (κ2) is 4.36.